The van der Waals surface area contributed by atoms with Crippen molar-refractivity contribution in [2.45, 2.75) is 19.1 Å². The third-order valence-electron chi connectivity index (χ3n) is 2.31. The first kappa shape index (κ1) is 6.80. The Kier molecular flexibility index (Phi) is 1.26. The molecule has 2 nitrogen and oxygen atoms in total. The van der Waals surface area contributed by atoms with E-state index < -0.39 is 0 Å². The molecule has 0 amide bonds. The highest BCUT2D eigenvalue weighted by molar-refractivity contribution is 5.83. The molecule has 0 radical (unpaired) electrons. The molecule has 0 aromatic heterocycles. The van der Waals surface area contributed by atoms with Crippen molar-refractivity contribution in [1.82, 2.24) is 0 Å². The van der Waals surface area contributed by atoms with Crippen molar-refractivity contribution in [3.8, 4) is 0 Å². The zero-order valence-corrected chi connectivity index (χ0v) is 6.41. The molecule has 1 fully saturated rings. The molecular weight excluding hydrogens is 140 g/mol. The summed E-state index contributed by atoms with van der Waals surface area (Å²) in [5.74, 6) is 0.0804. The van der Waals surface area contributed by atoms with E-state index in [2.05, 4.69) is 6.58 Å². The zero-order valence-electron chi connectivity index (χ0n) is 6.41. The molecule has 0 saturated carbocycles. The van der Waals surface area contributed by atoms with Crippen LogP contribution in [0.25, 0.3) is 0 Å². The molecule has 58 valence electrons. The van der Waals surface area contributed by atoms with Crippen LogP contribution in [0.3, 0.4) is 0 Å². The van der Waals surface area contributed by atoms with Gasteiger partial charge < -0.3 is 4.74 Å². The predicted octanol–water partition coefficient (Wildman–Crippen LogP) is 1.08. The smallest absolute Gasteiger partial charge is 0.139 e. The Bertz CT molecular complexity index is 252. The summed E-state index contributed by atoms with van der Waals surface area (Å²) in [6.45, 7) is 5.43. The second-order valence-corrected chi connectivity index (χ2v) is 3.07. The molecule has 2 bridgehead atoms. The minimum atomic E-state index is -0.0787. The monoisotopic (exact) mass is 150 g/mol. The van der Waals surface area contributed by atoms with Crippen molar-refractivity contribution >= 4 is 5.78 Å². The third kappa shape index (κ3) is 0.792. The van der Waals surface area contributed by atoms with Crippen LogP contribution in [-0.2, 0) is 9.53 Å². The summed E-state index contributed by atoms with van der Waals surface area (Å²) in [6.07, 6.45) is 3.90. The molecule has 2 rings (SSSR count). The van der Waals surface area contributed by atoms with Crippen molar-refractivity contribution in [3.63, 3.8) is 0 Å². The standard InChI is InChI=1S/C9H10O2/c1-5-7-3-4-8(11-7)9(5)6(2)10/h3-4,7-9H,1H2,2H3/t7-,8+,9+/m1/s1. The van der Waals surface area contributed by atoms with E-state index in [1.54, 1.807) is 6.92 Å². The quantitative estimate of drug-likeness (QED) is 0.523. The van der Waals surface area contributed by atoms with Gasteiger partial charge in [-0.05, 0) is 12.5 Å². The van der Waals surface area contributed by atoms with Gasteiger partial charge in [0.2, 0.25) is 0 Å². The number of ketones is 1. The Morgan fingerprint density at radius 1 is 1.64 bits per heavy atom. The zero-order chi connectivity index (χ0) is 8.01. The maximum atomic E-state index is 11.1. The summed E-state index contributed by atoms with van der Waals surface area (Å²) >= 11 is 0. The fourth-order valence-corrected chi connectivity index (χ4v) is 1.75. The van der Waals surface area contributed by atoms with E-state index in [4.69, 9.17) is 4.74 Å². The second kappa shape index (κ2) is 2.05. The number of carbonyl (C=O) groups is 1. The van der Waals surface area contributed by atoms with Crippen LogP contribution in [0.2, 0.25) is 0 Å². The van der Waals surface area contributed by atoms with Crippen LogP contribution in [0, 0.1) is 5.92 Å². The Morgan fingerprint density at radius 3 is 2.73 bits per heavy atom. The fourth-order valence-electron chi connectivity index (χ4n) is 1.75. The number of carbonyl (C=O) groups excluding carboxylic acids is 1. The second-order valence-electron chi connectivity index (χ2n) is 3.07. The average molecular weight is 150 g/mol. The number of ether oxygens (including phenoxy) is 1. The summed E-state index contributed by atoms with van der Waals surface area (Å²) in [5.41, 5.74) is 0.921. The average Bonchev–Trinajstić information content (AvgIpc) is 2.44. The van der Waals surface area contributed by atoms with Crippen LogP contribution in [0.5, 0.6) is 0 Å². The highest BCUT2D eigenvalue weighted by Crippen LogP contribution is 2.37. The van der Waals surface area contributed by atoms with Crippen LogP contribution >= 0.6 is 0 Å². The highest BCUT2D eigenvalue weighted by Gasteiger charge is 2.42. The van der Waals surface area contributed by atoms with Gasteiger partial charge in [0.25, 0.3) is 0 Å². The Balaban J connectivity index is 2.32. The first-order chi connectivity index (χ1) is 5.20. The number of hydrogen-bond donors (Lipinski definition) is 0. The van der Waals surface area contributed by atoms with Gasteiger partial charge in [-0.1, -0.05) is 18.7 Å². The van der Waals surface area contributed by atoms with Gasteiger partial charge in [-0.3, -0.25) is 4.79 Å². The fraction of sp³-hybridized carbons (Fsp3) is 0.444. The van der Waals surface area contributed by atoms with E-state index >= 15 is 0 Å². The number of Topliss-reactive ketones (excluding diaryl/α,β-unsaturated/α-hetero) is 1. The minimum absolute atomic E-state index is 0.00824. The molecule has 0 aliphatic carbocycles. The largest absolute Gasteiger partial charge is 0.361 e. The maximum Gasteiger partial charge on any atom is 0.139 e. The van der Waals surface area contributed by atoms with Gasteiger partial charge in [0, 0.05) is 0 Å². The van der Waals surface area contributed by atoms with Crippen molar-refractivity contribution < 1.29 is 9.53 Å². The summed E-state index contributed by atoms with van der Waals surface area (Å²) < 4.78 is 5.43. The van der Waals surface area contributed by atoms with Crippen LogP contribution in [0.1, 0.15) is 6.92 Å². The van der Waals surface area contributed by atoms with Crippen molar-refractivity contribution in [3.05, 3.63) is 24.3 Å². The Hall–Kier alpha value is -0.890. The first-order valence-electron chi connectivity index (χ1n) is 3.73. The molecule has 2 aliphatic rings. The summed E-state index contributed by atoms with van der Waals surface area (Å²) in [6, 6.07) is 0. The number of rotatable bonds is 1. The molecule has 3 atom stereocenters. The van der Waals surface area contributed by atoms with E-state index in [1.165, 1.54) is 0 Å². The molecule has 0 unspecified atom stereocenters. The van der Waals surface area contributed by atoms with E-state index in [9.17, 15) is 4.79 Å². The first-order valence-corrected chi connectivity index (χ1v) is 3.73. The molecule has 0 N–H and O–H groups in total. The maximum absolute atomic E-state index is 11.1. The number of fused-ring (bicyclic) bond motifs is 2. The molecular formula is C9H10O2. The highest BCUT2D eigenvalue weighted by atomic mass is 16.5. The molecule has 2 heterocycles. The van der Waals surface area contributed by atoms with Gasteiger partial charge in [-0.15, -0.1) is 0 Å². The Labute approximate surface area is 65.5 Å². The minimum Gasteiger partial charge on any atom is -0.361 e. The van der Waals surface area contributed by atoms with Gasteiger partial charge in [-0.2, -0.15) is 0 Å². The number of hydrogen-bond acceptors (Lipinski definition) is 2. The van der Waals surface area contributed by atoms with Crippen LogP contribution in [0.15, 0.2) is 24.3 Å². The molecule has 11 heavy (non-hydrogen) atoms. The van der Waals surface area contributed by atoms with E-state index in [-0.39, 0.29) is 23.9 Å². The summed E-state index contributed by atoms with van der Waals surface area (Å²) in [4.78, 5) is 11.1. The summed E-state index contributed by atoms with van der Waals surface area (Å²) in [5, 5.41) is 0. The van der Waals surface area contributed by atoms with E-state index in [1.807, 2.05) is 12.2 Å². The lowest BCUT2D eigenvalue weighted by Gasteiger charge is -2.12. The van der Waals surface area contributed by atoms with Crippen molar-refractivity contribution in [1.29, 1.82) is 0 Å². The Morgan fingerprint density at radius 2 is 2.36 bits per heavy atom. The van der Waals surface area contributed by atoms with Gasteiger partial charge in [0.1, 0.15) is 5.78 Å². The van der Waals surface area contributed by atoms with Crippen molar-refractivity contribution in [2.24, 2.45) is 5.92 Å². The summed E-state index contributed by atoms with van der Waals surface area (Å²) in [7, 11) is 0. The van der Waals surface area contributed by atoms with E-state index in [0.717, 1.165) is 5.57 Å². The van der Waals surface area contributed by atoms with Crippen LogP contribution < -0.4 is 0 Å². The normalized spacial score (nSPS) is 40.1. The predicted molar refractivity (Wildman–Crippen MR) is 41.1 cm³/mol. The van der Waals surface area contributed by atoms with E-state index in [0.29, 0.717) is 0 Å². The van der Waals surface area contributed by atoms with Gasteiger partial charge >= 0.3 is 0 Å². The lowest BCUT2D eigenvalue weighted by atomic mass is 9.87. The molecule has 2 heteroatoms. The van der Waals surface area contributed by atoms with Gasteiger partial charge in [0.15, 0.2) is 0 Å². The van der Waals surface area contributed by atoms with Crippen LogP contribution in [0.4, 0.5) is 0 Å². The molecule has 0 spiro atoms. The van der Waals surface area contributed by atoms with Gasteiger partial charge in [0.05, 0.1) is 18.1 Å². The van der Waals surface area contributed by atoms with Crippen LogP contribution in [-0.4, -0.2) is 18.0 Å². The van der Waals surface area contributed by atoms with Gasteiger partial charge in [-0.25, -0.2) is 0 Å². The molecule has 2 aliphatic heterocycles. The lowest BCUT2D eigenvalue weighted by molar-refractivity contribution is -0.120. The molecule has 0 aromatic rings. The lowest BCUT2D eigenvalue weighted by Crippen LogP contribution is -2.22. The third-order valence-corrected chi connectivity index (χ3v) is 2.31. The molecule has 0 aromatic carbocycles. The SMILES string of the molecule is C=C1[C@@H](C(C)=O)[C@@H]2C=C[C@H]1O2. The topological polar surface area (TPSA) is 26.3 Å². The molecule has 1 saturated heterocycles. The van der Waals surface area contributed by atoms with Crippen molar-refractivity contribution in [2.75, 3.05) is 0 Å².